The lowest BCUT2D eigenvalue weighted by Gasteiger charge is -2.16. The Balaban J connectivity index is 2.76. The highest BCUT2D eigenvalue weighted by molar-refractivity contribution is 6.67. The van der Waals surface area contributed by atoms with Crippen LogP contribution in [-0.4, -0.2) is 45.3 Å². The number of aryl methyl sites for hydroxylation is 1. The normalized spacial score (nSPS) is 12.0. The SMILES string of the molecule is CC(=O)Nc1cc(C)ccc1C(=O)CCC(NC(=O)OCC(Cl)(Cl)Cl)C(=O)O. The van der Waals surface area contributed by atoms with Gasteiger partial charge in [0.25, 0.3) is 0 Å². The van der Waals surface area contributed by atoms with Gasteiger partial charge in [0.05, 0.1) is 5.69 Å². The van der Waals surface area contributed by atoms with Crippen LogP contribution >= 0.6 is 34.8 Å². The maximum Gasteiger partial charge on any atom is 0.407 e. The first-order valence-corrected chi connectivity index (χ1v) is 9.16. The predicted molar refractivity (Wildman–Crippen MR) is 105 cm³/mol. The number of hydrogen-bond donors (Lipinski definition) is 3. The lowest BCUT2D eigenvalue weighted by atomic mass is 10.0. The van der Waals surface area contributed by atoms with Crippen LogP contribution in [0.3, 0.4) is 0 Å². The molecule has 11 heteroatoms. The van der Waals surface area contributed by atoms with Crippen molar-refractivity contribution in [3.8, 4) is 0 Å². The van der Waals surface area contributed by atoms with E-state index in [0.29, 0.717) is 5.69 Å². The van der Waals surface area contributed by atoms with Gasteiger partial charge in [-0.25, -0.2) is 9.59 Å². The van der Waals surface area contributed by atoms with E-state index in [4.69, 9.17) is 34.8 Å². The molecule has 0 radical (unpaired) electrons. The first kappa shape index (κ1) is 24.0. The number of nitrogens with one attached hydrogen (secondary N) is 2. The lowest BCUT2D eigenvalue weighted by Crippen LogP contribution is -2.42. The molecule has 1 aromatic carbocycles. The molecule has 0 aliphatic rings. The van der Waals surface area contributed by atoms with Crippen molar-refractivity contribution in [1.82, 2.24) is 5.32 Å². The molecule has 0 saturated heterocycles. The average molecular weight is 454 g/mol. The van der Waals surface area contributed by atoms with Crippen molar-refractivity contribution in [2.75, 3.05) is 11.9 Å². The van der Waals surface area contributed by atoms with Gasteiger partial charge < -0.3 is 20.5 Å². The molecular weight excluding hydrogens is 435 g/mol. The number of hydrogen-bond acceptors (Lipinski definition) is 5. The third-order valence-electron chi connectivity index (χ3n) is 3.40. The average Bonchev–Trinajstić information content (AvgIpc) is 2.55. The molecule has 0 aromatic heterocycles. The lowest BCUT2D eigenvalue weighted by molar-refractivity contribution is -0.139. The number of Topliss-reactive ketones (excluding diaryl/α,β-unsaturated/α-hetero) is 1. The maximum atomic E-state index is 12.5. The molecule has 8 nitrogen and oxygen atoms in total. The molecule has 1 aromatic rings. The highest BCUT2D eigenvalue weighted by Gasteiger charge is 2.26. The molecule has 0 aliphatic carbocycles. The van der Waals surface area contributed by atoms with E-state index >= 15 is 0 Å². The number of alkyl carbamates (subject to hydrolysis) is 1. The minimum atomic E-state index is -1.84. The predicted octanol–water partition coefficient (Wildman–Crippen LogP) is 3.47. The van der Waals surface area contributed by atoms with E-state index in [-0.39, 0.29) is 24.3 Å². The minimum Gasteiger partial charge on any atom is -0.480 e. The summed E-state index contributed by atoms with van der Waals surface area (Å²) in [5.74, 6) is -2.10. The highest BCUT2D eigenvalue weighted by atomic mass is 35.6. The summed E-state index contributed by atoms with van der Waals surface area (Å²) in [6.07, 6.45) is -1.50. The Morgan fingerprint density at radius 2 is 1.86 bits per heavy atom. The number of anilines is 1. The molecule has 2 amide bonds. The highest BCUT2D eigenvalue weighted by Crippen LogP contribution is 2.26. The number of aliphatic carboxylic acids is 1. The van der Waals surface area contributed by atoms with Crippen molar-refractivity contribution in [3.05, 3.63) is 29.3 Å². The summed E-state index contributed by atoms with van der Waals surface area (Å²) in [5.41, 5.74) is 1.41. The van der Waals surface area contributed by atoms with Crippen molar-refractivity contribution in [2.45, 2.75) is 36.5 Å². The molecule has 0 fully saturated rings. The van der Waals surface area contributed by atoms with Crippen molar-refractivity contribution in [1.29, 1.82) is 0 Å². The molecule has 1 atom stereocenters. The van der Waals surface area contributed by atoms with E-state index in [1.165, 1.54) is 6.92 Å². The van der Waals surface area contributed by atoms with Crippen LogP contribution in [0.25, 0.3) is 0 Å². The molecule has 0 saturated carbocycles. The fourth-order valence-electron chi connectivity index (χ4n) is 2.19. The Bertz CT molecular complexity index is 764. The molecule has 3 N–H and O–H groups in total. The molecule has 28 heavy (non-hydrogen) atoms. The van der Waals surface area contributed by atoms with E-state index < -0.39 is 34.3 Å². The number of benzene rings is 1. The number of halogens is 3. The second-order valence-electron chi connectivity index (χ2n) is 5.92. The second-order valence-corrected chi connectivity index (χ2v) is 8.43. The van der Waals surface area contributed by atoms with Crippen LogP contribution in [0.15, 0.2) is 18.2 Å². The van der Waals surface area contributed by atoms with Crippen LogP contribution in [0.4, 0.5) is 10.5 Å². The molecule has 1 rings (SSSR count). The number of carbonyl (C=O) groups excluding carboxylic acids is 3. The number of carboxylic acids is 1. The van der Waals surface area contributed by atoms with Gasteiger partial charge in [-0.05, 0) is 31.0 Å². The summed E-state index contributed by atoms with van der Waals surface area (Å²) in [5, 5.41) is 13.9. The molecule has 0 heterocycles. The topological polar surface area (TPSA) is 122 Å². The van der Waals surface area contributed by atoms with Crippen molar-refractivity contribution < 1.29 is 29.0 Å². The number of carbonyl (C=O) groups is 4. The van der Waals surface area contributed by atoms with Gasteiger partial charge >= 0.3 is 12.1 Å². The van der Waals surface area contributed by atoms with Gasteiger partial charge in [0.2, 0.25) is 9.70 Å². The zero-order chi connectivity index (χ0) is 21.5. The van der Waals surface area contributed by atoms with Gasteiger partial charge in [-0.15, -0.1) is 0 Å². The Hall–Kier alpha value is -2.03. The van der Waals surface area contributed by atoms with Gasteiger partial charge in [-0.1, -0.05) is 40.9 Å². The molecule has 0 bridgehead atoms. The first-order chi connectivity index (χ1) is 12.9. The van der Waals surface area contributed by atoms with Crippen LogP contribution in [-0.2, 0) is 14.3 Å². The van der Waals surface area contributed by atoms with Crippen molar-refractivity contribution in [3.63, 3.8) is 0 Å². The number of rotatable bonds is 8. The van der Waals surface area contributed by atoms with E-state index in [1.54, 1.807) is 25.1 Å². The van der Waals surface area contributed by atoms with Gasteiger partial charge in [-0.3, -0.25) is 9.59 Å². The molecule has 1 unspecified atom stereocenters. The standard InChI is InChI=1S/C17H19Cl3N2O6/c1-9-3-4-11(13(7-9)21-10(2)23)14(24)6-5-12(15(25)26)22-16(27)28-8-17(18,19)20/h3-4,7,12H,5-6,8H2,1-2H3,(H,21,23)(H,22,27)(H,25,26). The van der Waals surface area contributed by atoms with E-state index in [1.807, 2.05) is 0 Å². The van der Waals surface area contributed by atoms with Gasteiger partial charge in [-0.2, -0.15) is 0 Å². The Morgan fingerprint density at radius 3 is 2.39 bits per heavy atom. The molecule has 0 spiro atoms. The molecular formula is C17H19Cl3N2O6. The summed E-state index contributed by atoms with van der Waals surface area (Å²) in [6, 6.07) is 3.48. The van der Waals surface area contributed by atoms with E-state index in [0.717, 1.165) is 5.56 Å². The summed E-state index contributed by atoms with van der Waals surface area (Å²) in [6.45, 7) is 2.54. The Labute approximate surface area is 176 Å². The second kappa shape index (κ2) is 10.5. The van der Waals surface area contributed by atoms with Crippen LogP contribution in [0.5, 0.6) is 0 Å². The quantitative estimate of drug-likeness (QED) is 0.409. The van der Waals surface area contributed by atoms with Crippen LogP contribution < -0.4 is 10.6 Å². The van der Waals surface area contributed by atoms with Crippen LogP contribution in [0.1, 0.15) is 35.7 Å². The summed E-state index contributed by atoms with van der Waals surface area (Å²) in [7, 11) is 0. The number of alkyl halides is 3. The fourth-order valence-corrected chi connectivity index (χ4v) is 2.36. The molecule has 154 valence electrons. The summed E-state index contributed by atoms with van der Waals surface area (Å²) < 4.78 is 2.78. The van der Waals surface area contributed by atoms with Crippen LogP contribution in [0.2, 0.25) is 0 Å². The zero-order valence-corrected chi connectivity index (χ0v) is 17.3. The Morgan fingerprint density at radius 1 is 1.21 bits per heavy atom. The summed E-state index contributed by atoms with van der Waals surface area (Å²) in [4.78, 5) is 46.8. The summed E-state index contributed by atoms with van der Waals surface area (Å²) >= 11 is 16.3. The van der Waals surface area contributed by atoms with E-state index in [9.17, 15) is 24.3 Å². The minimum absolute atomic E-state index is 0.197. The van der Waals surface area contributed by atoms with Crippen molar-refractivity contribution >= 4 is 64.2 Å². The van der Waals surface area contributed by atoms with Crippen molar-refractivity contribution in [2.24, 2.45) is 0 Å². The van der Waals surface area contributed by atoms with Gasteiger partial charge in [0.1, 0.15) is 12.6 Å². The van der Waals surface area contributed by atoms with Gasteiger partial charge in [0, 0.05) is 18.9 Å². The van der Waals surface area contributed by atoms with Gasteiger partial charge in [0.15, 0.2) is 5.78 Å². The number of carboxylic acid groups (broad SMARTS) is 1. The zero-order valence-electron chi connectivity index (χ0n) is 15.1. The number of ketones is 1. The first-order valence-electron chi connectivity index (χ1n) is 8.03. The largest absolute Gasteiger partial charge is 0.480 e. The Kier molecular flexibility index (Phi) is 9.00. The third-order valence-corrected chi connectivity index (χ3v) is 3.73. The number of amides is 2. The monoisotopic (exact) mass is 452 g/mol. The molecule has 0 aliphatic heterocycles. The number of ether oxygens (including phenoxy) is 1. The third kappa shape index (κ3) is 8.77. The fraction of sp³-hybridized carbons (Fsp3) is 0.412. The smallest absolute Gasteiger partial charge is 0.407 e. The van der Waals surface area contributed by atoms with E-state index in [2.05, 4.69) is 15.4 Å². The maximum absolute atomic E-state index is 12.5. The van der Waals surface area contributed by atoms with Crippen LogP contribution in [0, 0.1) is 6.92 Å².